The van der Waals surface area contributed by atoms with E-state index in [-0.39, 0.29) is 0 Å². The first kappa shape index (κ1) is 28.7. The van der Waals surface area contributed by atoms with Crippen LogP contribution < -0.4 is 0 Å². The zero-order valence-electron chi connectivity index (χ0n) is 26.8. The summed E-state index contributed by atoms with van der Waals surface area (Å²) in [5.41, 5.74) is 11.2. The summed E-state index contributed by atoms with van der Waals surface area (Å²) in [5.74, 6) is 0.410. The van der Waals surface area contributed by atoms with Crippen LogP contribution in [0.2, 0.25) is 0 Å². The van der Waals surface area contributed by atoms with E-state index >= 15 is 0 Å². The molecule has 0 aliphatic heterocycles. The quantitative estimate of drug-likeness (QED) is 0.184. The Hall–Kier alpha value is -5.72. The molecule has 0 heteroatoms. The van der Waals surface area contributed by atoms with Crippen LogP contribution in [-0.2, 0) is 0 Å². The van der Waals surface area contributed by atoms with Crippen molar-refractivity contribution in [1.82, 2.24) is 0 Å². The van der Waals surface area contributed by atoms with Crippen LogP contribution in [0.15, 0.2) is 182 Å². The van der Waals surface area contributed by atoms with Crippen LogP contribution in [0, 0.1) is 5.92 Å². The highest BCUT2D eigenvalue weighted by atomic mass is 14.2. The number of rotatable bonds is 5. The lowest BCUT2D eigenvalue weighted by Gasteiger charge is -2.16. The summed E-state index contributed by atoms with van der Waals surface area (Å²) in [6, 6.07) is 51.5. The van der Waals surface area contributed by atoms with E-state index in [9.17, 15) is 0 Å². The molecular weight excluding hydrogens is 565 g/mol. The maximum atomic E-state index is 2.39. The molecule has 0 aromatic heterocycles. The van der Waals surface area contributed by atoms with Gasteiger partial charge in [0.05, 0.1) is 0 Å². The van der Waals surface area contributed by atoms with Crippen molar-refractivity contribution in [2.45, 2.75) is 13.8 Å². The molecule has 1 aliphatic rings. The van der Waals surface area contributed by atoms with Crippen molar-refractivity contribution in [3.63, 3.8) is 0 Å². The van der Waals surface area contributed by atoms with E-state index in [1.807, 2.05) is 0 Å². The maximum Gasteiger partial charge on any atom is -0.000710 e. The summed E-state index contributed by atoms with van der Waals surface area (Å²) >= 11 is 0. The van der Waals surface area contributed by atoms with E-state index < -0.39 is 0 Å². The molecule has 1 atom stereocenters. The largest absolute Gasteiger partial charge is 0.0798 e. The van der Waals surface area contributed by atoms with Gasteiger partial charge in [-0.2, -0.15) is 0 Å². The van der Waals surface area contributed by atoms with Crippen LogP contribution in [-0.4, -0.2) is 0 Å². The molecule has 224 valence electrons. The van der Waals surface area contributed by atoms with Gasteiger partial charge < -0.3 is 0 Å². The van der Waals surface area contributed by atoms with Crippen LogP contribution >= 0.6 is 0 Å². The van der Waals surface area contributed by atoms with Gasteiger partial charge in [0.25, 0.3) is 0 Å². The van der Waals surface area contributed by atoms with Crippen LogP contribution in [0.4, 0.5) is 0 Å². The van der Waals surface area contributed by atoms with Gasteiger partial charge in [0.1, 0.15) is 0 Å². The van der Waals surface area contributed by atoms with Crippen LogP contribution in [0.5, 0.6) is 0 Å². The smallest absolute Gasteiger partial charge is 0.000710 e. The zero-order valence-corrected chi connectivity index (χ0v) is 26.8. The fourth-order valence-electron chi connectivity index (χ4n) is 7.07. The Balaban J connectivity index is 1.30. The number of hydrogen-bond donors (Lipinski definition) is 0. The molecule has 0 bridgehead atoms. The summed E-state index contributed by atoms with van der Waals surface area (Å²) in [4.78, 5) is 0. The molecule has 47 heavy (non-hydrogen) atoms. The molecule has 1 aliphatic carbocycles. The van der Waals surface area contributed by atoms with Crippen molar-refractivity contribution in [2.75, 3.05) is 0 Å². The number of allylic oxidation sites excluding steroid dienone is 8. The van der Waals surface area contributed by atoms with Crippen molar-refractivity contribution >= 4 is 37.9 Å². The average molecular weight is 601 g/mol. The molecule has 8 rings (SSSR count). The lowest BCUT2D eigenvalue weighted by molar-refractivity contribution is 0.884. The summed E-state index contributed by atoms with van der Waals surface area (Å²) in [7, 11) is 0. The summed E-state index contributed by atoms with van der Waals surface area (Å²) in [5, 5.41) is 7.56. The van der Waals surface area contributed by atoms with Crippen LogP contribution in [0.3, 0.4) is 0 Å². The summed E-state index contributed by atoms with van der Waals surface area (Å²) in [6.45, 7) is 4.38. The standard InChI is InChI=1S/C47H36/c1-3-33(28-38-15-5-4-12-32(38)2)34-22-24-37(25-23-34)46-31-41(45-21-11-17-36-14-7-9-19-43(36)45)29-39-26-27-40(30-47(39)46)44-20-10-16-35-13-6-8-18-42(35)44/h3-32H,1-2H3/b33-3?,38-28-. The predicted octanol–water partition coefficient (Wildman–Crippen LogP) is 13.2. The Morgan fingerprint density at radius 1 is 0.511 bits per heavy atom. The fourth-order valence-corrected chi connectivity index (χ4v) is 7.07. The van der Waals surface area contributed by atoms with Crippen molar-refractivity contribution in [3.05, 3.63) is 187 Å². The Bertz CT molecular complexity index is 2400. The molecule has 0 saturated carbocycles. The van der Waals surface area contributed by atoms with E-state index in [0.717, 1.165) is 0 Å². The molecule has 0 amide bonds. The monoisotopic (exact) mass is 600 g/mol. The van der Waals surface area contributed by atoms with Crippen molar-refractivity contribution in [1.29, 1.82) is 0 Å². The Morgan fingerprint density at radius 3 is 1.83 bits per heavy atom. The molecule has 0 spiro atoms. The molecule has 0 heterocycles. The van der Waals surface area contributed by atoms with Gasteiger partial charge >= 0.3 is 0 Å². The molecule has 7 aromatic rings. The highest BCUT2D eigenvalue weighted by Gasteiger charge is 2.14. The van der Waals surface area contributed by atoms with Gasteiger partial charge in [0.2, 0.25) is 0 Å². The second-order valence-corrected chi connectivity index (χ2v) is 12.5. The van der Waals surface area contributed by atoms with E-state index in [1.165, 1.54) is 82.4 Å². The third-order valence-electron chi connectivity index (χ3n) is 9.64. The molecule has 0 fully saturated rings. The molecular formula is C47H36. The number of benzene rings is 7. The minimum atomic E-state index is 0.410. The van der Waals surface area contributed by atoms with Crippen LogP contribution in [0.25, 0.3) is 71.3 Å². The molecule has 0 radical (unpaired) electrons. The maximum absolute atomic E-state index is 2.39. The molecule has 1 unspecified atom stereocenters. The topological polar surface area (TPSA) is 0 Å². The first-order valence-electron chi connectivity index (χ1n) is 16.5. The third kappa shape index (κ3) is 5.43. The first-order chi connectivity index (χ1) is 23.2. The first-order valence-corrected chi connectivity index (χ1v) is 16.5. The fraction of sp³-hybridized carbons (Fsp3) is 0.0638. The van der Waals surface area contributed by atoms with E-state index in [1.54, 1.807) is 0 Å². The van der Waals surface area contributed by atoms with E-state index in [4.69, 9.17) is 0 Å². The summed E-state index contributed by atoms with van der Waals surface area (Å²) in [6.07, 6.45) is 13.3. The van der Waals surface area contributed by atoms with Gasteiger partial charge in [0, 0.05) is 0 Å². The van der Waals surface area contributed by atoms with Gasteiger partial charge in [-0.05, 0) is 113 Å². The third-order valence-corrected chi connectivity index (χ3v) is 9.64. The van der Waals surface area contributed by atoms with Gasteiger partial charge in [0.15, 0.2) is 0 Å². The number of hydrogen-bond acceptors (Lipinski definition) is 0. The molecule has 0 nitrogen and oxygen atoms in total. The average Bonchev–Trinajstić information content (AvgIpc) is 3.13. The van der Waals surface area contributed by atoms with Gasteiger partial charge in [-0.15, -0.1) is 0 Å². The minimum Gasteiger partial charge on any atom is -0.0798 e. The van der Waals surface area contributed by atoms with Gasteiger partial charge in [-0.25, -0.2) is 0 Å². The second-order valence-electron chi connectivity index (χ2n) is 12.5. The van der Waals surface area contributed by atoms with Gasteiger partial charge in [-0.3, -0.25) is 0 Å². The van der Waals surface area contributed by atoms with Gasteiger partial charge in [-0.1, -0.05) is 165 Å². The molecule has 0 N–H and O–H groups in total. The SMILES string of the molecule is CC=C(/C=C1/C=CC=CC1C)c1ccc(-c2cc(-c3cccc4ccccc34)cc3ccc(-c4cccc5ccccc45)cc23)cc1. The van der Waals surface area contributed by atoms with Crippen molar-refractivity contribution in [3.8, 4) is 33.4 Å². The Labute approximate surface area is 277 Å². The predicted molar refractivity (Wildman–Crippen MR) is 204 cm³/mol. The van der Waals surface area contributed by atoms with E-state index in [0.29, 0.717) is 5.92 Å². The van der Waals surface area contributed by atoms with Crippen LogP contribution in [0.1, 0.15) is 19.4 Å². The lowest BCUT2D eigenvalue weighted by Crippen LogP contribution is -1.96. The van der Waals surface area contributed by atoms with E-state index in [2.05, 4.69) is 190 Å². The van der Waals surface area contributed by atoms with Crippen molar-refractivity contribution < 1.29 is 0 Å². The normalized spacial score (nSPS) is 15.7. The highest BCUT2D eigenvalue weighted by molar-refractivity contribution is 6.07. The number of fused-ring (bicyclic) bond motifs is 3. The lowest BCUT2D eigenvalue weighted by atomic mass is 9.88. The van der Waals surface area contributed by atoms with Crippen molar-refractivity contribution in [2.24, 2.45) is 5.92 Å². The minimum absolute atomic E-state index is 0.410. The molecule has 0 saturated heterocycles. The second kappa shape index (κ2) is 12.2. The molecule has 7 aromatic carbocycles. The Kier molecular flexibility index (Phi) is 7.48. The highest BCUT2D eigenvalue weighted by Crippen LogP contribution is 2.40. The Morgan fingerprint density at radius 2 is 1.15 bits per heavy atom. The summed E-state index contributed by atoms with van der Waals surface area (Å²) < 4.78 is 0. The zero-order chi connectivity index (χ0) is 31.7.